The Hall–Kier alpha value is -1.91. The van der Waals surface area contributed by atoms with Crippen LogP contribution in [0.3, 0.4) is 0 Å². The van der Waals surface area contributed by atoms with E-state index in [1.807, 2.05) is 6.92 Å². The predicted molar refractivity (Wildman–Crippen MR) is 119 cm³/mol. The lowest BCUT2D eigenvalue weighted by atomic mass is 9.69. The highest BCUT2D eigenvalue weighted by Gasteiger charge is 2.38. The SMILES string of the molecule is CCCNCC(=O)OCCCOC(=O)C1CC2CC(CC/C(N)=N/NN)CCC2CN1. The fourth-order valence-electron chi connectivity index (χ4n) is 4.53. The molecule has 0 aromatic carbocycles. The summed E-state index contributed by atoms with van der Waals surface area (Å²) in [4.78, 5) is 24.0. The molecular weight excluding hydrogens is 400 g/mol. The number of hydrogen-bond acceptors (Lipinski definition) is 9. The number of nitrogens with zero attached hydrogens (tertiary/aromatic N) is 1. The highest BCUT2D eigenvalue weighted by molar-refractivity contribution is 5.79. The first-order valence-electron chi connectivity index (χ1n) is 11.6. The van der Waals surface area contributed by atoms with Crippen molar-refractivity contribution >= 4 is 17.8 Å². The number of nitrogens with two attached hydrogens (primary N) is 2. The standard InChI is InChI=1S/C21H40N6O4/c1-2-8-24-14-20(28)30-9-3-10-31-21(29)18-12-17-11-15(4-6-16(17)13-25-18)5-7-19(22)26-27-23/h15-18,24-25,27H,2-14,23H2,1H3,(H2,22,26). The zero-order valence-electron chi connectivity index (χ0n) is 18.7. The van der Waals surface area contributed by atoms with E-state index in [-0.39, 0.29) is 37.7 Å². The number of esters is 2. The van der Waals surface area contributed by atoms with Gasteiger partial charge in [0, 0.05) is 12.8 Å². The summed E-state index contributed by atoms with van der Waals surface area (Å²) in [5, 5.41) is 10.2. The molecule has 10 nitrogen and oxygen atoms in total. The average Bonchev–Trinajstić information content (AvgIpc) is 2.77. The smallest absolute Gasteiger partial charge is 0.323 e. The maximum Gasteiger partial charge on any atom is 0.323 e. The van der Waals surface area contributed by atoms with Gasteiger partial charge in [0.25, 0.3) is 0 Å². The maximum atomic E-state index is 12.5. The zero-order valence-corrected chi connectivity index (χ0v) is 18.7. The van der Waals surface area contributed by atoms with Crippen LogP contribution in [0.1, 0.15) is 58.3 Å². The molecule has 0 spiro atoms. The summed E-state index contributed by atoms with van der Waals surface area (Å²) in [6.45, 7) is 4.42. The van der Waals surface area contributed by atoms with E-state index in [0.717, 1.165) is 45.2 Å². The molecule has 0 radical (unpaired) electrons. The Bertz CT molecular complexity index is 588. The van der Waals surface area contributed by atoms with Gasteiger partial charge in [-0.2, -0.15) is 5.10 Å². The van der Waals surface area contributed by atoms with Crippen molar-refractivity contribution in [1.29, 1.82) is 0 Å². The van der Waals surface area contributed by atoms with Gasteiger partial charge in [-0.3, -0.25) is 9.59 Å². The molecule has 0 amide bonds. The van der Waals surface area contributed by atoms with Crippen molar-refractivity contribution in [2.24, 2.45) is 34.4 Å². The van der Waals surface area contributed by atoms with Gasteiger partial charge in [-0.25, -0.2) is 11.4 Å². The van der Waals surface area contributed by atoms with Crippen LogP contribution in [-0.2, 0) is 19.1 Å². The number of nitrogens with one attached hydrogen (secondary N) is 3. The minimum absolute atomic E-state index is 0.207. The first-order chi connectivity index (χ1) is 15.0. The number of piperidine rings is 1. The Morgan fingerprint density at radius 3 is 2.74 bits per heavy atom. The molecule has 1 saturated carbocycles. The van der Waals surface area contributed by atoms with Crippen molar-refractivity contribution in [3.05, 3.63) is 0 Å². The van der Waals surface area contributed by atoms with E-state index in [9.17, 15) is 9.59 Å². The van der Waals surface area contributed by atoms with Gasteiger partial charge in [0.2, 0.25) is 0 Å². The second-order valence-electron chi connectivity index (χ2n) is 8.58. The minimum atomic E-state index is -0.279. The van der Waals surface area contributed by atoms with Gasteiger partial charge >= 0.3 is 11.9 Å². The molecule has 2 aliphatic rings. The Balaban J connectivity index is 1.62. The van der Waals surface area contributed by atoms with Crippen LogP contribution in [0, 0.1) is 17.8 Å². The van der Waals surface area contributed by atoms with E-state index in [2.05, 4.69) is 21.3 Å². The highest BCUT2D eigenvalue weighted by atomic mass is 16.5. The van der Waals surface area contributed by atoms with E-state index in [4.69, 9.17) is 21.1 Å². The van der Waals surface area contributed by atoms with Crippen LogP contribution >= 0.6 is 0 Å². The lowest BCUT2D eigenvalue weighted by molar-refractivity contribution is -0.149. The topological polar surface area (TPSA) is 153 Å². The summed E-state index contributed by atoms with van der Waals surface area (Å²) in [5.74, 6) is 6.96. The number of hydrogen-bond donors (Lipinski definition) is 5. The largest absolute Gasteiger partial charge is 0.465 e. The Labute approximate surface area is 185 Å². The molecule has 2 fully saturated rings. The molecule has 0 aromatic heterocycles. The fourth-order valence-corrected chi connectivity index (χ4v) is 4.53. The third-order valence-corrected chi connectivity index (χ3v) is 6.21. The minimum Gasteiger partial charge on any atom is -0.465 e. The Kier molecular flexibility index (Phi) is 11.6. The van der Waals surface area contributed by atoms with Gasteiger partial charge in [0.05, 0.1) is 19.8 Å². The molecule has 1 aliphatic carbocycles. The van der Waals surface area contributed by atoms with Crippen LogP contribution in [0.2, 0.25) is 0 Å². The van der Waals surface area contributed by atoms with Gasteiger partial charge in [0.15, 0.2) is 0 Å². The molecular formula is C21H40N6O4. The molecule has 31 heavy (non-hydrogen) atoms. The first kappa shape index (κ1) is 25.4. The summed E-state index contributed by atoms with van der Waals surface area (Å²) in [7, 11) is 0. The normalized spacial score (nSPS) is 26.1. The summed E-state index contributed by atoms with van der Waals surface area (Å²) in [6.07, 6.45) is 7.49. The lowest BCUT2D eigenvalue weighted by Gasteiger charge is -2.42. The maximum absolute atomic E-state index is 12.5. The molecule has 4 unspecified atom stereocenters. The van der Waals surface area contributed by atoms with Crippen molar-refractivity contribution in [3.63, 3.8) is 0 Å². The third-order valence-electron chi connectivity index (χ3n) is 6.21. The molecule has 178 valence electrons. The van der Waals surface area contributed by atoms with Crippen molar-refractivity contribution in [1.82, 2.24) is 16.2 Å². The lowest BCUT2D eigenvalue weighted by Crippen LogP contribution is -2.50. The molecule has 0 bridgehead atoms. The zero-order chi connectivity index (χ0) is 22.5. The number of carbonyl (C=O) groups excluding carboxylic acids is 2. The van der Waals surface area contributed by atoms with Crippen LogP contribution in [0.25, 0.3) is 0 Å². The van der Waals surface area contributed by atoms with Crippen molar-refractivity contribution in [2.45, 2.75) is 64.3 Å². The van der Waals surface area contributed by atoms with Gasteiger partial charge in [0.1, 0.15) is 11.9 Å². The monoisotopic (exact) mass is 440 g/mol. The van der Waals surface area contributed by atoms with Crippen molar-refractivity contribution in [2.75, 3.05) is 32.8 Å². The van der Waals surface area contributed by atoms with Gasteiger partial charge in [-0.1, -0.05) is 13.3 Å². The van der Waals surface area contributed by atoms with E-state index in [0.29, 0.717) is 30.0 Å². The Morgan fingerprint density at radius 1 is 1.16 bits per heavy atom. The van der Waals surface area contributed by atoms with Gasteiger partial charge in [-0.05, 0) is 62.9 Å². The molecule has 2 rings (SSSR count). The van der Waals surface area contributed by atoms with Crippen LogP contribution in [0.4, 0.5) is 0 Å². The fraction of sp³-hybridized carbons (Fsp3) is 0.857. The van der Waals surface area contributed by atoms with Gasteiger partial charge < -0.3 is 25.8 Å². The van der Waals surface area contributed by atoms with E-state index in [1.54, 1.807) is 0 Å². The second kappa shape index (κ2) is 14.2. The van der Waals surface area contributed by atoms with Gasteiger partial charge in [-0.15, -0.1) is 0 Å². The molecule has 10 heteroatoms. The number of hydrazine groups is 1. The van der Waals surface area contributed by atoms with E-state index in [1.165, 1.54) is 12.8 Å². The first-order valence-corrected chi connectivity index (χ1v) is 11.6. The predicted octanol–water partition coefficient (Wildman–Crippen LogP) is 0.373. The quantitative estimate of drug-likeness (QED) is 0.0682. The molecule has 1 heterocycles. The number of fused-ring (bicyclic) bond motifs is 1. The average molecular weight is 441 g/mol. The number of amidine groups is 1. The van der Waals surface area contributed by atoms with Crippen LogP contribution < -0.4 is 27.7 Å². The van der Waals surface area contributed by atoms with Crippen molar-refractivity contribution < 1.29 is 19.1 Å². The van der Waals surface area contributed by atoms with E-state index >= 15 is 0 Å². The number of carbonyl (C=O) groups is 2. The van der Waals surface area contributed by atoms with Crippen LogP contribution in [0.15, 0.2) is 5.10 Å². The highest BCUT2D eigenvalue weighted by Crippen LogP contribution is 2.40. The number of ether oxygens (including phenoxy) is 2. The molecule has 4 atom stereocenters. The molecule has 1 saturated heterocycles. The third kappa shape index (κ3) is 9.40. The molecule has 0 aromatic rings. The summed E-state index contributed by atoms with van der Waals surface area (Å²) >= 11 is 0. The van der Waals surface area contributed by atoms with Crippen molar-refractivity contribution in [3.8, 4) is 0 Å². The number of rotatable bonds is 13. The summed E-state index contributed by atoms with van der Waals surface area (Å²) < 4.78 is 10.5. The summed E-state index contributed by atoms with van der Waals surface area (Å²) in [6, 6.07) is -0.256. The number of hydrazone groups is 1. The van der Waals surface area contributed by atoms with E-state index < -0.39 is 0 Å². The summed E-state index contributed by atoms with van der Waals surface area (Å²) in [5.41, 5.74) is 8.05. The van der Waals surface area contributed by atoms with Crippen LogP contribution in [0.5, 0.6) is 0 Å². The Morgan fingerprint density at radius 2 is 1.97 bits per heavy atom. The van der Waals surface area contributed by atoms with Crippen LogP contribution in [-0.4, -0.2) is 56.7 Å². The second-order valence-corrected chi connectivity index (χ2v) is 8.58. The molecule has 1 aliphatic heterocycles. The molecule has 7 N–H and O–H groups in total.